The van der Waals surface area contributed by atoms with E-state index in [4.69, 9.17) is 5.11 Å². The highest BCUT2D eigenvalue weighted by atomic mass is 16.4. The van der Waals surface area contributed by atoms with Crippen molar-refractivity contribution in [2.24, 2.45) is 0 Å². The maximum Gasteiger partial charge on any atom is 0.341 e. The minimum atomic E-state index is -1.19. The van der Waals surface area contributed by atoms with E-state index in [2.05, 4.69) is 15.2 Å². The molecule has 120 valence electrons. The summed E-state index contributed by atoms with van der Waals surface area (Å²) in [4.78, 5) is 28.9. The van der Waals surface area contributed by atoms with Crippen LogP contribution < -0.4 is 15.6 Å². The van der Waals surface area contributed by atoms with E-state index < -0.39 is 11.4 Å². The molecule has 1 aliphatic heterocycles. The van der Waals surface area contributed by atoms with Crippen molar-refractivity contribution in [3.05, 3.63) is 39.7 Å². The number of aromatic nitrogens is 1. The Morgan fingerprint density at radius 1 is 1.22 bits per heavy atom. The molecule has 0 amide bonds. The number of piperazine rings is 1. The fourth-order valence-corrected chi connectivity index (χ4v) is 3.33. The Bertz CT molecular complexity index is 833. The molecule has 1 aromatic carbocycles. The summed E-state index contributed by atoms with van der Waals surface area (Å²) in [6, 6.07) is 3.93. The van der Waals surface area contributed by atoms with Crippen molar-refractivity contribution >= 4 is 22.6 Å². The summed E-state index contributed by atoms with van der Waals surface area (Å²) in [5, 5.41) is 13.0. The van der Waals surface area contributed by atoms with Crippen LogP contribution in [0, 0.1) is 0 Å². The summed E-state index contributed by atoms with van der Waals surface area (Å²) in [7, 11) is 0. The number of H-pyrrole nitrogens is 1. The number of hydrogen-bond donors (Lipinski definition) is 3. The maximum atomic E-state index is 12.4. The Morgan fingerprint density at radius 3 is 2.61 bits per heavy atom. The smallest absolute Gasteiger partial charge is 0.341 e. The predicted molar refractivity (Wildman–Crippen MR) is 88.6 cm³/mol. The van der Waals surface area contributed by atoms with Crippen molar-refractivity contribution in [1.29, 1.82) is 0 Å². The number of aromatic carboxylic acids is 1. The Balaban J connectivity index is 1.90. The third-order valence-corrected chi connectivity index (χ3v) is 4.73. The van der Waals surface area contributed by atoms with E-state index >= 15 is 0 Å². The summed E-state index contributed by atoms with van der Waals surface area (Å²) in [5.41, 5.74) is 2.47. The van der Waals surface area contributed by atoms with E-state index in [0.717, 1.165) is 39.0 Å². The number of aromatic amines is 1. The zero-order valence-electron chi connectivity index (χ0n) is 12.8. The van der Waals surface area contributed by atoms with Crippen molar-refractivity contribution < 1.29 is 9.90 Å². The first-order chi connectivity index (χ1) is 11.1. The van der Waals surface area contributed by atoms with Crippen LogP contribution in [0.2, 0.25) is 0 Å². The van der Waals surface area contributed by atoms with Gasteiger partial charge in [-0.1, -0.05) is 0 Å². The summed E-state index contributed by atoms with van der Waals surface area (Å²) in [6.45, 7) is 3.80. The van der Waals surface area contributed by atoms with E-state index in [1.807, 2.05) is 12.1 Å². The van der Waals surface area contributed by atoms with Crippen LogP contribution in [0.1, 0.15) is 34.7 Å². The largest absolute Gasteiger partial charge is 0.477 e. The van der Waals surface area contributed by atoms with Gasteiger partial charge in [0.15, 0.2) is 0 Å². The molecule has 0 unspecified atom stereocenters. The second-order valence-electron chi connectivity index (χ2n) is 6.30. The molecule has 0 radical (unpaired) electrons. The van der Waals surface area contributed by atoms with Crippen LogP contribution in [0.25, 0.3) is 10.9 Å². The molecule has 0 bridgehead atoms. The maximum absolute atomic E-state index is 12.4. The molecule has 1 saturated carbocycles. The molecule has 6 nitrogen and oxygen atoms in total. The Kier molecular flexibility index (Phi) is 3.34. The lowest BCUT2D eigenvalue weighted by molar-refractivity contribution is 0.0695. The number of carboxylic acid groups (broad SMARTS) is 1. The normalized spacial score (nSPS) is 18.3. The third-order valence-electron chi connectivity index (χ3n) is 4.73. The summed E-state index contributed by atoms with van der Waals surface area (Å²) in [6.07, 6.45) is 3.58. The zero-order chi connectivity index (χ0) is 16.0. The lowest BCUT2D eigenvalue weighted by Gasteiger charge is -2.31. The van der Waals surface area contributed by atoms with E-state index in [0.29, 0.717) is 16.8 Å². The molecule has 2 fully saturated rings. The van der Waals surface area contributed by atoms with E-state index in [1.165, 1.54) is 17.4 Å². The van der Waals surface area contributed by atoms with Gasteiger partial charge < -0.3 is 20.3 Å². The Morgan fingerprint density at radius 2 is 1.96 bits per heavy atom. The quantitative estimate of drug-likeness (QED) is 0.800. The molecule has 0 atom stereocenters. The van der Waals surface area contributed by atoms with Crippen molar-refractivity contribution in [3.8, 4) is 0 Å². The number of benzene rings is 1. The number of pyridine rings is 1. The molecule has 6 heteroatoms. The zero-order valence-corrected chi connectivity index (χ0v) is 12.8. The van der Waals surface area contributed by atoms with Gasteiger partial charge in [-0.25, -0.2) is 4.79 Å². The highest BCUT2D eigenvalue weighted by Gasteiger charge is 2.29. The third kappa shape index (κ3) is 2.49. The fourth-order valence-electron chi connectivity index (χ4n) is 3.33. The minimum Gasteiger partial charge on any atom is -0.477 e. The van der Waals surface area contributed by atoms with Crippen LogP contribution in [0.15, 0.2) is 23.1 Å². The second-order valence-corrected chi connectivity index (χ2v) is 6.30. The highest BCUT2D eigenvalue weighted by molar-refractivity contribution is 5.93. The van der Waals surface area contributed by atoms with E-state index in [9.17, 15) is 9.59 Å². The van der Waals surface area contributed by atoms with Crippen LogP contribution in [0.5, 0.6) is 0 Å². The molecule has 2 heterocycles. The molecule has 23 heavy (non-hydrogen) atoms. The molecular weight excluding hydrogens is 294 g/mol. The molecule has 1 aromatic heterocycles. The molecule has 1 aliphatic carbocycles. The van der Waals surface area contributed by atoms with Crippen LogP contribution in [-0.4, -0.2) is 42.2 Å². The average molecular weight is 313 g/mol. The topological polar surface area (TPSA) is 85.4 Å². The Labute approximate surface area is 133 Å². The number of rotatable bonds is 3. The van der Waals surface area contributed by atoms with Gasteiger partial charge in [0.1, 0.15) is 5.56 Å². The van der Waals surface area contributed by atoms with Gasteiger partial charge in [-0.05, 0) is 36.5 Å². The summed E-state index contributed by atoms with van der Waals surface area (Å²) >= 11 is 0. The monoisotopic (exact) mass is 313 g/mol. The molecule has 4 rings (SSSR count). The minimum absolute atomic E-state index is 0.200. The van der Waals surface area contributed by atoms with Gasteiger partial charge >= 0.3 is 5.97 Å². The van der Waals surface area contributed by atoms with Gasteiger partial charge in [-0.15, -0.1) is 0 Å². The molecule has 1 saturated heterocycles. The van der Waals surface area contributed by atoms with Gasteiger partial charge in [-0.3, -0.25) is 4.79 Å². The lowest BCUT2D eigenvalue weighted by Crippen LogP contribution is -2.43. The molecule has 0 spiro atoms. The fraction of sp³-hybridized carbons (Fsp3) is 0.412. The number of nitrogens with zero attached hydrogens (tertiary/aromatic N) is 1. The highest BCUT2D eigenvalue weighted by Crippen LogP contribution is 2.45. The van der Waals surface area contributed by atoms with Gasteiger partial charge in [0.2, 0.25) is 5.43 Å². The van der Waals surface area contributed by atoms with Crippen molar-refractivity contribution in [2.75, 3.05) is 31.1 Å². The predicted octanol–water partition coefficient (Wildman–Crippen LogP) is 1.51. The first kappa shape index (κ1) is 14.3. The number of carbonyl (C=O) groups is 1. The average Bonchev–Trinajstić information content (AvgIpc) is 3.39. The van der Waals surface area contributed by atoms with Gasteiger partial charge in [-0.2, -0.15) is 0 Å². The second kappa shape index (κ2) is 5.38. The van der Waals surface area contributed by atoms with Crippen LogP contribution >= 0.6 is 0 Å². The van der Waals surface area contributed by atoms with Crippen molar-refractivity contribution in [3.63, 3.8) is 0 Å². The Hall–Kier alpha value is -2.34. The number of hydrogen-bond acceptors (Lipinski definition) is 4. The molecule has 2 aromatic rings. The van der Waals surface area contributed by atoms with Crippen LogP contribution in [0.3, 0.4) is 0 Å². The number of fused-ring (bicyclic) bond motifs is 1. The number of anilines is 1. The first-order valence-corrected chi connectivity index (χ1v) is 8.03. The number of carboxylic acids is 1. The molecule has 2 aliphatic rings. The standard InChI is InChI=1S/C17H19N3O3/c21-16-12-7-11(10-1-2-10)15(20-5-3-18-4-6-20)8-14(12)19-9-13(16)17(22)23/h7-10,18H,1-6H2,(H,19,21)(H,22,23). The first-order valence-electron chi connectivity index (χ1n) is 8.03. The molecule has 3 N–H and O–H groups in total. The van der Waals surface area contributed by atoms with Crippen LogP contribution in [-0.2, 0) is 0 Å². The van der Waals surface area contributed by atoms with Gasteiger partial charge in [0.05, 0.1) is 5.52 Å². The van der Waals surface area contributed by atoms with Gasteiger partial charge in [0.25, 0.3) is 0 Å². The van der Waals surface area contributed by atoms with E-state index in [-0.39, 0.29) is 5.56 Å². The van der Waals surface area contributed by atoms with Crippen molar-refractivity contribution in [1.82, 2.24) is 10.3 Å². The summed E-state index contributed by atoms with van der Waals surface area (Å²) < 4.78 is 0. The SMILES string of the molecule is O=C(O)c1c[nH]c2cc(N3CCNCC3)c(C3CC3)cc2c1=O. The molecular formula is C17H19N3O3. The van der Waals surface area contributed by atoms with E-state index in [1.54, 1.807) is 0 Å². The van der Waals surface area contributed by atoms with Crippen molar-refractivity contribution in [2.45, 2.75) is 18.8 Å². The summed E-state index contributed by atoms with van der Waals surface area (Å²) in [5.74, 6) is -0.690. The van der Waals surface area contributed by atoms with Gasteiger partial charge in [0, 0.05) is 43.4 Å². The lowest BCUT2D eigenvalue weighted by atomic mass is 10.0. The number of nitrogens with one attached hydrogen (secondary N) is 2. The van der Waals surface area contributed by atoms with Crippen LogP contribution in [0.4, 0.5) is 5.69 Å².